The number of hydrogen-bond donors (Lipinski definition) is 2. The number of rotatable bonds is 6. The van der Waals surface area contributed by atoms with Crippen LogP contribution in [0, 0.1) is 11.3 Å². The number of likely N-dealkylation sites (tertiary alicyclic amines) is 1. The van der Waals surface area contributed by atoms with E-state index in [9.17, 15) is 14.9 Å². The molecule has 0 aromatic heterocycles. The Morgan fingerprint density at radius 3 is 2.61 bits per heavy atom. The standard InChI is InChI=1S/C21H28N4O3/c1-4-28-21(27)25-11-9-17(10-12-25)23-14-16(13-22)20(26)24-19-8-6-5-7-18(19)15(2)3/h5-8,14-15,17,23H,4,9-12H2,1-3H3,(H,24,26)/b16-14-. The van der Waals surface area contributed by atoms with Crippen LogP contribution in [-0.2, 0) is 9.53 Å². The van der Waals surface area contributed by atoms with Gasteiger partial charge in [-0.05, 0) is 37.3 Å². The minimum absolute atomic E-state index is 0.0198. The third kappa shape index (κ3) is 5.74. The first-order valence-corrected chi connectivity index (χ1v) is 9.64. The van der Waals surface area contributed by atoms with Crippen LogP contribution in [0.5, 0.6) is 0 Å². The fraction of sp³-hybridized carbons (Fsp3) is 0.476. The number of benzene rings is 1. The second-order valence-electron chi connectivity index (χ2n) is 6.99. The van der Waals surface area contributed by atoms with Gasteiger partial charge in [0.2, 0.25) is 0 Å². The largest absolute Gasteiger partial charge is 0.450 e. The van der Waals surface area contributed by atoms with Gasteiger partial charge in [-0.3, -0.25) is 4.79 Å². The Morgan fingerprint density at radius 1 is 1.32 bits per heavy atom. The second-order valence-corrected chi connectivity index (χ2v) is 6.99. The lowest BCUT2D eigenvalue weighted by Crippen LogP contribution is -2.44. The van der Waals surface area contributed by atoms with E-state index in [0.29, 0.717) is 25.4 Å². The number of carbonyl (C=O) groups is 2. The number of amides is 2. The predicted octanol–water partition coefficient (Wildman–Crippen LogP) is 3.37. The molecule has 7 nitrogen and oxygen atoms in total. The van der Waals surface area contributed by atoms with Crippen LogP contribution in [0.2, 0.25) is 0 Å². The molecule has 28 heavy (non-hydrogen) atoms. The summed E-state index contributed by atoms with van der Waals surface area (Å²) in [5.74, 6) is -0.180. The Bertz CT molecular complexity index is 759. The molecule has 1 aliphatic heterocycles. The summed E-state index contributed by atoms with van der Waals surface area (Å²) in [4.78, 5) is 25.9. The second kappa shape index (κ2) is 10.4. The number of anilines is 1. The molecule has 2 N–H and O–H groups in total. The highest BCUT2D eigenvalue weighted by Crippen LogP contribution is 2.24. The fourth-order valence-corrected chi connectivity index (χ4v) is 3.10. The molecule has 2 rings (SSSR count). The normalized spacial score (nSPS) is 15.1. The van der Waals surface area contributed by atoms with E-state index < -0.39 is 5.91 Å². The van der Waals surface area contributed by atoms with Crippen LogP contribution >= 0.6 is 0 Å². The number of carbonyl (C=O) groups excluding carboxylic acids is 2. The topological polar surface area (TPSA) is 94.5 Å². The number of piperidine rings is 1. The molecule has 0 unspecified atom stereocenters. The zero-order valence-corrected chi connectivity index (χ0v) is 16.7. The molecule has 1 aliphatic rings. The summed E-state index contributed by atoms with van der Waals surface area (Å²) < 4.78 is 5.01. The maximum Gasteiger partial charge on any atom is 0.409 e. The van der Waals surface area contributed by atoms with Crippen LogP contribution in [-0.4, -0.2) is 42.6 Å². The Kier molecular flexibility index (Phi) is 7.88. The Hall–Kier alpha value is -3.01. The SMILES string of the molecule is CCOC(=O)N1CCC(N/C=C(/C#N)C(=O)Nc2ccccc2C(C)C)CC1. The fourth-order valence-electron chi connectivity index (χ4n) is 3.10. The number of nitrogens with zero attached hydrogens (tertiary/aromatic N) is 2. The summed E-state index contributed by atoms with van der Waals surface area (Å²) in [6, 6.07) is 9.64. The van der Waals surface area contributed by atoms with E-state index in [4.69, 9.17) is 4.74 Å². The predicted molar refractivity (Wildman–Crippen MR) is 108 cm³/mol. The molecule has 7 heteroatoms. The van der Waals surface area contributed by atoms with Crippen molar-refractivity contribution >= 4 is 17.7 Å². The highest BCUT2D eigenvalue weighted by atomic mass is 16.6. The minimum atomic E-state index is -0.438. The first-order valence-electron chi connectivity index (χ1n) is 9.64. The van der Waals surface area contributed by atoms with E-state index >= 15 is 0 Å². The van der Waals surface area contributed by atoms with E-state index in [1.807, 2.05) is 30.3 Å². The molecule has 0 aliphatic carbocycles. The van der Waals surface area contributed by atoms with Gasteiger partial charge >= 0.3 is 6.09 Å². The summed E-state index contributed by atoms with van der Waals surface area (Å²) in [5, 5.41) is 15.3. The maximum atomic E-state index is 12.5. The quantitative estimate of drug-likeness (QED) is 0.579. The van der Waals surface area contributed by atoms with E-state index in [0.717, 1.165) is 18.4 Å². The lowest BCUT2D eigenvalue weighted by atomic mass is 10.0. The Balaban J connectivity index is 1.93. The van der Waals surface area contributed by atoms with Crippen molar-refractivity contribution in [1.82, 2.24) is 10.2 Å². The molecule has 1 heterocycles. The number of hydrogen-bond acceptors (Lipinski definition) is 5. The monoisotopic (exact) mass is 384 g/mol. The maximum absolute atomic E-state index is 12.5. The van der Waals surface area contributed by atoms with E-state index in [2.05, 4.69) is 24.5 Å². The van der Waals surface area contributed by atoms with E-state index in [-0.39, 0.29) is 23.6 Å². The molecule has 2 amide bonds. The third-order valence-electron chi connectivity index (χ3n) is 4.68. The highest BCUT2D eigenvalue weighted by molar-refractivity contribution is 6.06. The van der Waals surface area contributed by atoms with Crippen molar-refractivity contribution < 1.29 is 14.3 Å². The van der Waals surface area contributed by atoms with E-state index in [1.54, 1.807) is 11.8 Å². The molecule has 0 bridgehead atoms. The molecule has 0 radical (unpaired) electrons. The summed E-state index contributed by atoms with van der Waals surface area (Å²) in [6.07, 6.45) is 2.63. The molecule has 150 valence electrons. The van der Waals surface area contributed by atoms with Crippen molar-refractivity contribution in [2.45, 2.75) is 45.6 Å². The van der Waals surface area contributed by atoms with Gasteiger partial charge in [0.25, 0.3) is 5.91 Å². The highest BCUT2D eigenvalue weighted by Gasteiger charge is 2.23. The number of ether oxygens (including phenoxy) is 1. The Labute approximate surface area is 166 Å². The van der Waals surface area contributed by atoms with Crippen LogP contribution < -0.4 is 10.6 Å². The third-order valence-corrected chi connectivity index (χ3v) is 4.68. The van der Waals surface area contributed by atoms with Gasteiger partial charge in [-0.25, -0.2) is 4.79 Å². The zero-order chi connectivity index (χ0) is 20.5. The molecular weight excluding hydrogens is 356 g/mol. The molecule has 0 spiro atoms. The molecule has 1 fully saturated rings. The molecule has 1 aromatic carbocycles. The van der Waals surface area contributed by atoms with Gasteiger partial charge in [-0.1, -0.05) is 32.0 Å². The number of para-hydroxylation sites is 1. The van der Waals surface area contributed by atoms with Crippen LogP contribution in [0.4, 0.5) is 10.5 Å². The van der Waals surface area contributed by atoms with Gasteiger partial charge in [0.15, 0.2) is 0 Å². The average Bonchev–Trinajstić information content (AvgIpc) is 2.69. The van der Waals surface area contributed by atoms with Gasteiger partial charge in [0, 0.05) is 31.0 Å². The summed E-state index contributed by atoms with van der Waals surface area (Å²) >= 11 is 0. The van der Waals surface area contributed by atoms with Crippen molar-refractivity contribution in [3.8, 4) is 6.07 Å². The number of nitrogens with one attached hydrogen (secondary N) is 2. The summed E-state index contributed by atoms with van der Waals surface area (Å²) in [6.45, 7) is 7.41. The molecular formula is C21H28N4O3. The van der Waals surface area contributed by atoms with Gasteiger partial charge in [0.1, 0.15) is 11.6 Å². The van der Waals surface area contributed by atoms with E-state index in [1.165, 1.54) is 6.20 Å². The van der Waals surface area contributed by atoms with Crippen LogP contribution in [0.1, 0.15) is 45.1 Å². The lowest BCUT2D eigenvalue weighted by Gasteiger charge is -2.31. The zero-order valence-electron chi connectivity index (χ0n) is 16.7. The lowest BCUT2D eigenvalue weighted by molar-refractivity contribution is -0.112. The number of nitriles is 1. The Morgan fingerprint density at radius 2 is 2.00 bits per heavy atom. The summed E-state index contributed by atoms with van der Waals surface area (Å²) in [7, 11) is 0. The first kappa shape index (κ1) is 21.3. The van der Waals surface area contributed by atoms with Gasteiger partial charge in [-0.15, -0.1) is 0 Å². The van der Waals surface area contributed by atoms with Crippen LogP contribution in [0.3, 0.4) is 0 Å². The van der Waals surface area contributed by atoms with Crippen molar-refractivity contribution in [2.75, 3.05) is 25.0 Å². The van der Waals surface area contributed by atoms with Crippen molar-refractivity contribution in [3.63, 3.8) is 0 Å². The smallest absolute Gasteiger partial charge is 0.409 e. The van der Waals surface area contributed by atoms with Crippen molar-refractivity contribution in [3.05, 3.63) is 41.6 Å². The van der Waals surface area contributed by atoms with Gasteiger partial charge in [0.05, 0.1) is 6.61 Å². The van der Waals surface area contributed by atoms with Crippen molar-refractivity contribution in [1.29, 1.82) is 5.26 Å². The van der Waals surface area contributed by atoms with Crippen molar-refractivity contribution in [2.24, 2.45) is 0 Å². The van der Waals surface area contributed by atoms with Crippen LogP contribution in [0.25, 0.3) is 0 Å². The minimum Gasteiger partial charge on any atom is -0.450 e. The molecule has 0 saturated carbocycles. The van der Waals surface area contributed by atoms with Gasteiger partial charge < -0.3 is 20.3 Å². The van der Waals surface area contributed by atoms with Crippen LogP contribution in [0.15, 0.2) is 36.0 Å². The first-order chi connectivity index (χ1) is 13.5. The molecule has 1 aromatic rings. The molecule has 0 atom stereocenters. The average molecular weight is 384 g/mol. The molecule has 1 saturated heterocycles. The van der Waals surface area contributed by atoms with Gasteiger partial charge in [-0.2, -0.15) is 5.26 Å². The summed E-state index contributed by atoms with van der Waals surface area (Å²) in [5.41, 5.74) is 1.75.